The molecule has 158 valence electrons. The molecule has 1 aromatic rings. The zero-order valence-corrected chi connectivity index (χ0v) is 17.5. The van der Waals surface area contributed by atoms with E-state index >= 15 is 0 Å². The summed E-state index contributed by atoms with van der Waals surface area (Å²) in [5.41, 5.74) is 1.72. The number of imide groups is 1. The van der Waals surface area contributed by atoms with E-state index in [-0.39, 0.29) is 18.2 Å². The van der Waals surface area contributed by atoms with Crippen molar-refractivity contribution in [1.82, 2.24) is 25.6 Å². The first-order chi connectivity index (χ1) is 14.1. The lowest BCUT2D eigenvalue weighted by Crippen LogP contribution is -2.51. The van der Waals surface area contributed by atoms with E-state index in [1.807, 2.05) is 0 Å². The fourth-order valence-electron chi connectivity index (χ4n) is 4.45. The fraction of sp³-hybridized carbons (Fsp3) is 0.650. The molecule has 3 fully saturated rings. The lowest BCUT2D eigenvalue weighted by Gasteiger charge is -2.34. The molecule has 4 amide bonds. The Balaban J connectivity index is 1.20. The van der Waals surface area contributed by atoms with Crippen LogP contribution in [0, 0.1) is 0 Å². The van der Waals surface area contributed by atoms with Crippen LogP contribution in [0.4, 0.5) is 4.79 Å². The van der Waals surface area contributed by atoms with Crippen LogP contribution in [0.5, 0.6) is 0 Å². The van der Waals surface area contributed by atoms with Crippen molar-refractivity contribution in [3.8, 4) is 0 Å². The van der Waals surface area contributed by atoms with Crippen molar-refractivity contribution >= 4 is 29.2 Å². The number of nitrogens with one attached hydrogen (secondary N) is 2. The summed E-state index contributed by atoms with van der Waals surface area (Å²) in [5.74, 6) is -0.597. The Morgan fingerprint density at radius 1 is 1.10 bits per heavy atom. The maximum atomic E-state index is 12.7. The van der Waals surface area contributed by atoms with Crippen LogP contribution in [-0.4, -0.2) is 70.9 Å². The Kier molecular flexibility index (Phi) is 6.17. The van der Waals surface area contributed by atoms with Crippen molar-refractivity contribution in [3.05, 3.63) is 22.4 Å². The molecule has 3 aliphatic rings. The van der Waals surface area contributed by atoms with Gasteiger partial charge in [-0.25, -0.2) is 4.79 Å². The second-order valence-corrected chi connectivity index (χ2v) is 9.23. The van der Waals surface area contributed by atoms with Crippen LogP contribution < -0.4 is 10.7 Å². The summed E-state index contributed by atoms with van der Waals surface area (Å²) in [4.78, 5) is 43.4. The van der Waals surface area contributed by atoms with Crippen molar-refractivity contribution in [3.63, 3.8) is 0 Å². The number of hydrogen-bond acceptors (Lipinski definition) is 6. The van der Waals surface area contributed by atoms with Gasteiger partial charge in [-0.3, -0.25) is 19.9 Å². The Morgan fingerprint density at radius 2 is 1.83 bits per heavy atom. The number of hydrazine groups is 1. The smallest absolute Gasteiger partial charge is 0.322 e. The van der Waals surface area contributed by atoms with E-state index < -0.39 is 11.6 Å². The number of hydrogen-bond donors (Lipinski definition) is 2. The van der Waals surface area contributed by atoms with Crippen LogP contribution in [0.1, 0.15) is 43.4 Å². The molecule has 8 nitrogen and oxygen atoms in total. The second-order valence-electron chi connectivity index (χ2n) is 8.20. The van der Waals surface area contributed by atoms with Crippen LogP contribution in [0.25, 0.3) is 0 Å². The highest BCUT2D eigenvalue weighted by Gasteiger charge is 2.52. The molecule has 3 heterocycles. The van der Waals surface area contributed by atoms with Crippen LogP contribution in [-0.2, 0) is 16.1 Å². The Morgan fingerprint density at radius 3 is 2.52 bits per heavy atom. The van der Waals surface area contributed by atoms with Gasteiger partial charge < -0.3 is 10.2 Å². The second kappa shape index (κ2) is 8.81. The maximum absolute atomic E-state index is 12.7. The van der Waals surface area contributed by atoms with Gasteiger partial charge in [0, 0.05) is 50.6 Å². The van der Waals surface area contributed by atoms with E-state index in [4.69, 9.17) is 0 Å². The highest BCUT2D eigenvalue weighted by Crippen LogP contribution is 2.33. The van der Waals surface area contributed by atoms with E-state index in [1.165, 1.54) is 4.88 Å². The standard InChI is InChI=1S/C20H29N5O3S/c26-17(22-25-18(27)20(21-19(25)28)7-2-1-3-8-20)6-9-23-10-12-24(13-11-23)15-16-5-4-14-29-16/h4-5,14H,1-3,6-13,15H2,(H,21,28)(H,22,26). The Hall–Kier alpha value is -1.97. The van der Waals surface area contributed by atoms with E-state index in [2.05, 4.69) is 38.1 Å². The van der Waals surface area contributed by atoms with Gasteiger partial charge in [0.05, 0.1) is 0 Å². The number of thiophene rings is 1. The van der Waals surface area contributed by atoms with Gasteiger partial charge in [-0.1, -0.05) is 25.3 Å². The predicted molar refractivity (Wildman–Crippen MR) is 110 cm³/mol. The van der Waals surface area contributed by atoms with Crippen LogP contribution in [0.2, 0.25) is 0 Å². The van der Waals surface area contributed by atoms with Crippen LogP contribution in [0.15, 0.2) is 17.5 Å². The lowest BCUT2D eigenvalue weighted by molar-refractivity contribution is -0.140. The minimum Gasteiger partial charge on any atom is -0.322 e. The number of carbonyl (C=O) groups is 3. The van der Waals surface area contributed by atoms with Gasteiger partial charge in [0.1, 0.15) is 5.54 Å². The fourth-order valence-corrected chi connectivity index (χ4v) is 5.20. The first-order valence-corrected chi connectivity index (χ1v) is 11.4. The van der Waals surface area contributed by atoms with Gasteiger partial charge in [0.25, 0.3) is 5.91 Å². The van der Waals surface area contributed by atoms with Crippen LogP contribution in [0.3, 0.4) is 0 Å². The number of piperazine rings is 1. The maximum Gasteiger partial charge on any atom is 0.344 e. The van der Waals surface area contributed by atoms with Crippen molar-refractivity contribution in [2.75, 3.05) is 32.7 Å². The molecule has 4 rings (SSSR count). The van der Waals surface area contributed by atoms with Gasteiger partial charge >= 0.3 is 6.03 Å². The average molecular weight is 420 g/mol. The quantitative estimate of drug-likeness (QED) is 0.684. The minimum atomic E-state index is -0.804. The summed E-state index contributed by atoms with van der Waals surface area (Å²) in [6.45, 7) is 5.42. The summed E-state index contributed by atoms with van der Waals surface area (Å²) in [6.07, 6.45) is 4.50. The highest BCUT2D eigenvalue weighted by molar-refractivity contribution is 7.09. The van der Waals surface area contributed by atoms with Crippen molar-refractivity contribution in [2.45, 2.75) is 50.6 Å². The average Bonchev–Trinajstić information content (AvgIpc) is 3.31. The molecule has 1 aromatic heterocycles. The summed E-state index contributed by atoms with van der Waals surface area (Å²) in [5, 5.41) is 5.81. The molecule has 9 heteroatoms. The molecule has 1 aliphatic carbocycles. The number of carbonyl (C=O) groups excluding carboxylic acids is 3. The molecule has 2 saturated heterocycles. The number of nitrogens with zero attached hydrogens (tertiary/aromatic N) is 3. The Labute approximate surface area is 175 Å². The molecule has 1 saturated carbocycles. The predicted octanol–water partition coefficient (Wildman–Crippen LogP) is 1.54. The van der Waals surface area contributed by atoms with Crippen molar-refractivity contribution in [2.24, 2.45) is 0 Å². The summed E-state index contributed by atoms with van der Waals surface area (Å²) in [7, 11) is 0. The molecule has 0 unspecified atom stereocenters. The summed E-state index contributed by atoms with van der Waals surface area (Å²) in [6, 6.07) is 3.73. The first-order valence-electron chi connectivity index (χ1n) is 10.5. The SMILES string of the molecule is O=C(CCN1CCN(Cc2cccs2)CC1)NN1C(=O)NC2(CCCCC2)C1=O. The molecular weight excluding hydrogens is 390 g/mol. The van der Waals surface area contributed by atoms with Gasteiger partial charge in [-0.15, -0.1) is 11.3 Å². The van der Waals surface area contributed by atoms with Crippen LogP contribution >= 0.6 is 11.3 Å². The zero-order chi connectivity index (χ0) is 20.3. The number of urea groups is 1. The molecule has 2 N–H and O–H groups in total. The lowest BCUT2D eigenvalue weighted by atomic mass is 9.82. The minimum absolute atomic E-state index is 0.273. The third-order valence-corrected chi connectivity index (χ3v) is 7.05. The topological polar surface area (TPSA) is 85.0 Å². The van der Waals surface area contributed by atoms with Crippen molar-refractivity contribution in [1.29, 1.82) is 0 Å². The number of amides is 4. The van der Waals surface area contributed by atoms with E-state index in [0.29, 0.717) is 19.4 Å². The van der Waals surface area contributed by atoms with E-state index in [0.717, 1.165) is 57.0 Å². The third kappa shape index (κ3) is 4.62. The van der Waals surface area contributed by atoms with Gasteiger partial charge in [0.15, 0.2) is 0 Å². The van der Waals surface area contributed by atoms with E-state index in [1.54, 1.807) is 11.3 Å². The Bertz CT molecular complexity index is 739. The van der Waals surface area contributed by atoms with E-state index in [9.17, 15) is 14.4 Å². The molecule has 29 heavy (non-hydrogen) atoms. The monoisotopic (exact) mass is 419 g/mol. The molecule has 0 aromatic carbocycles. The molecular formula is C20H29N5O3S. The number of rotatable bonds is 6. The van der Waals surface area contributed by atoms with Gasteiger partial charge in [-0.2, -0.15) is 5.01 Å². The molecule has 0 bridgehead atoms. The first kappa shape index (κ1) is 20.3. The molecule has 0 atom stereocenters. The van der Waals surface area contributed by atoms with Crippen molar-refractivity contribution < 1.29 is 14.4 Å². The molecule has 2 aliphatic heterocycles. The largest absolute Gasteiger partial charge is 0.344 e. The van der Waals surface area contributed by atoms with Gasteiger partial charge in [-0.05, 0) is 24.3 Å². The molecule has 1 spiro atoms. The molecule has 0 radical (unpaired) electrons. The third-order valence-electron chi connectivity index (χ3n) is 6.18. The summed E-state index contributed by atoms with van der Waals surface area (Å²) < 4.78 is 0. The normalized spacial score (nSPS) is 22.8. The summed E-state index contributed by atoms with van der Waals surface area (Å²) >= 11 is 1.78. The zero-order valence-electron chi connectivity index (χ0n) is 16.7. The van der Waals surface area contributed by atoms with Gasteiger partial charge in [0.2, 0.25) is 5.91 Å². The highest BCUT2D eigenvalue weighted by atomic mass is 32.1.